The second kappa shape index (κ2) is 4.45. The van der Waals surface area contributed by atoms with E-state index < -0.39 is 0 Å². The highest BCUT2D eigenvalue weighted by Crippen LogP contribution is 2.31. The number of aryl methyl sites for hydroxylation is 1. The molecular formula is C12H18BrN. The summed E-state index contributed by atoms with van der Waals surface area (Å²) in [4.78, 5) is 0. The largest absolute Gasteiger partial charge is 0.319 e. The van der Waals surface area contributed by atoms with E-state index in [4.69, 9.17) is 0 Å². The predicted octanol–water partition coefficient (Wildman–Crippen LogP) is 3.25. The molecular weight excluding hydrogens is 238 g/mol. The van der Waals surface area contributed by atoms with E-state index in [1.54, 1.807) is 0 Å². The molecule has 1 nitrogen and oxygen atoms in total. The van der Waals surface area contributed by atoms with E-state index in [2.05, 4.69) is 60.2 Å². The zero-order valence-corrected chi connectivity index (χ0v) is 10.9. The molecule has 1 aromatic rings. The summed E-state index contributed by atoms with van der Waals surface area (Å²) in [6.07, 6.45) is 0. The Morgan fingerprint density at radius 1 is 1.36 bits per heavy atom. The van der Waals surface area contributed by atoms with Crippen molar-refractivity contribution in [1.29, 1.82) is 0 Å². The third-order valence-electron chi connectivity index (χ3n) is 2.54. The van der Waals surface area contributed by atoms with Crippen LogP contribution in [0, 0.1) is 6.92 Å². The molecule has 1 rings (SSSR count). The molecule has 0 fully saturated rings. The Kier molecular flexibility index (Phi) is 3.73. The number of rotatable bonds is 3. The van der Waals surface area contributed by atoms with E-state index in [1.165, 1.54) is 15.6 Å². The molecule has 2 heteroatoms. The summed E-state index contributed by atoms with van der Waals surface area (Å²) >= 11 is 3.66. The van der Waals surface area contributed by atoms with Gasteiger partial charge in [0.2, 0.25) is 0 Å². The molecule has 0 aliphatic rings. The van der Waals surface area contributed by atoms with Crippen molar-refractivity contribution < 1.29 is 0 Å². The molecule has 0 saturated carbocycles. The van der Waals surface area contributed by atoms with Crippen LogP contribution in [0.15, 0.2) is 22.7 Å². The van der Waals surface area contributed by atoms with Gasteiger partial charge in [-0.25, -0.2) is 0 Å². The van der Waals surface area contributed by atoms with Crippen LogP contribution < -0.4 is 5.32 Å². The quantitative estimate of drug-likeness (QED) is 0.875. The molecule has 0 aromatic heterocycles. The summed E-state index contributed by atoms with van der Waals surface area (Å²) in [7, 11) is 1.99. The smallest absolute Gasteiger partial charge is 0.0242 e. The van der Waals surface area contributed by atoms with Crippen LogP contribution in [-0.2, 0) is 5.41 Å². The van der Waals surface area contributed by atoms with Gasteiger partial charge >= 0.3 is 0 Å². The summed E-state index contributed by atoms with van der Waals surface area (Å²) in [5.74, 6) is 0. The van der Waals surface area contributed by atoms with Gasteiger partial charge in [-0.2, -0.15) is 0 Å². The van der Waals surface area contributed by atoms with Crippen molar-refractivity contribution in [3.63, 3.8) is 0 Å². The van der Waals surface area contributed by atoms with Crippen LogP contribution in [0.25, 0.3) is 0 Å². The molecule has 78 valence electrons. The molecule has 0 amide bonds. The molecule has 0 aliphatic heterocycles. The number of nitrogens with one attached hydrogen (secondary N) is 1. The summed E-state index contributed by atoms with van der Waals surface area (Å²) < 4.78 is 1.24. The van der Waals surface area contributed by atoms with Gasteiger partial charge in [0.25, 0.3) is 0 Å². The van der Waals surface area contributed by atoms with Gasteiger partial charge in [-0.3, -0.25) is 0 Å². The van der Waals surface area contributed by atoms with Crippen molar-refractivity contribution in [2.45, 2.75) is 26.2 Å². The van der Waals surface area contributed by atoms with Crippen LogP contribution in [0.2, 0.25) is 0 Å². The fourth-order valence-corrected chi connectivity index (χ4v) is 2.51. The first-order valence-corrected chi connectivity index (χ1v) is 5.68. The maximum atomic E-state index is 3.66. The molecule has 0 atom stereocenters. The number of hydrogen-bond acceptors (Lipinski definition) is 1. The van der Waals surface area contributed by atoms with E-state index in [1.807, 2.05) is 7.05 Å². The lowest BCUT2D eigenvalue weighted by Crippen LogP contribution is -2.31. The van der Waals surface area contributed by atoms with E-state index in [-0.39, 0.29) is 5.41 Å². The number of halogens is 1. The highest BCUT2D eigenvalue weighted by molar-refractivity contribution is 9.10. The Labute approximate surface area is 95.0 Å². The molecule has 1 aromatic carbocycles. The standard InChI is InChI=1S/C12H18BrN/c1-9-6-5-7-10(11(9)13)12(2,3)8-14-4/h5-7,14H,8H2,1-4H3. The van der Waals surface area contributed by atoms with Crippen LogP contribution in [0.5, 0.6) is 0 Å². The fourth-order valence-electron chi connectivity index (χ4n) is 1.71. The zero-order valence-electron chi connectivity index (χ0n) is 9.32. The van der Waals surface area contributed by atoms with Gasteiger partial charge in [0.05, 0.1) is 0 Å². The van der Waals surface area contributed by atoms with Gasteiger partial charge in [-0.05, 0) is 25.1 Å². The van der Waals surface area contributed by atoms with Crippen molar-refractivity contribution >= 4 is 15.9 Å². The van der Waals surface area contributed by atoms with Gasteiger partial charge in [0, 0.05) is 16.4 Å². The molecule has 0 heterocycles. The van der Waals surface area contributed by atoms with Crippen molar-refractivity contribution in [3.05, 3.63) is 33.8 Å². The third-order valence-corrected chi connectivity index (χ3v) is 3.59. The highest BCUT2D eigenvalue weighted by atomic mass is 79.9. The van der Waals surface area contributed by atoms with E-state index in [0.29, 0.717) is 0 Å². The normalized spacial score (nSPS) is 11.8. The van der Waals surface area contributed by atoms with Crippen LogP contribution in [0.3, 0.4) is 0 Å². The summed E-state index contributed by atoms with van der Waals surface area (Å²) in [6, 6.07) is 6.43. The highest BCUT2D eigenvalue weighted by Gasteiger charge is 2.22. The molecule has 0 radical (unpaired) electrons. The minimum Gasteiger partial charge on any atom is -0.319 e. The number of hydrogen-bond donors (Lipinski definition) is 1. The maximum absolute atomic E-state index is 3.66. The first kappa shape index (κ1) is 11.7. The maximum Gasteiger partial charge on any atom is 0.0242 e. The molecule has 0 spiro atoms. The van der Waals surface area contributed by atoms with Gasteiger partial charge < -0.3 is 5.32 Å². The van der Waals surface area contributed by atoms with Gasteiger partial charge in [-0.1, -0.05) is 48.0 Å². The molecule has 0 aliphatic carbocycles. The molecule has 0 saturated heterocycles. The third kappa shape index (κ3) is 2.37. The number of benzene rings is 1. The average Bonchev–Trinajstić information content (AvgIpc) is 2.09. The zero-order chi connectivity index (χ0) is 10.8. The SMILES string of the molecule is CNCC(C)(C)c1cccc(C)c1Br. The van der Waals surface area contributed by atoms with Crippen molar-refractivity contribution in [2.75, 3.05) is 13.6 Å². The Morgan fingerprint density at radius 3 is 2.57 bits per heavy atom. The van der Waals surface area contributed by atoms with Crippen molar-refractivity contribution in [3.8, 4) is 0 Å². The van der Waals surface area contributed by atoms with Crippen LogP contribution in [0.1, 0.15) is 25.0 Å². The minimum atomic E-state index is 0.166. The lowest BCUT2D eigenvalue weighted by atomic mass is 9.84. The summed E-state index contributed by atoms with van der Waals surface area (Å²) in [5, 5.41) is 3.23. The predicted molar refractivity (Wildman–Crippen MR) is 65.8 cm³/mol. The van der Waals surface area contributed by atoms with Crippen molar-refractivity contribution in [1.82, 2.24) is 5.32 Å². The number of likely N-dealkylation sites (N-methyl/N-ethyl adjacent to an activating group) is 1. The Balaban J connectivity index is 3.12. The Hall–Kier alpha value is -0.340. The topological polar surface area (TPSA) is 12.0 Å². The van der Waals surface area contributed by atoms with Crippen LogP contribution in [-0.4, -0.2) is 13.6 Å². The van der Waals surface area contributed by atoms with Gasteiger partial charge in [0.1, 0.15) is 0 Å². The van der Waals surface area contributed by atoms with Gasteiger partial charge in [-0.15, -0.1) is 0 Å². The summed E-state index contributed by atoms with van der Waals surface area (Å²) in [5.41, 5.74) is 2.83. The molecule has 14 heavy (non-hydrogen) atoms. The van der Waals surface area contributed by atoms with E-state index in [0.717, 1.165) is 6.54 Å². The van der Waals surface area contributed by atoms with Crippen LogP contribution >= 0.6 is 15.9 Å². The second-order valence-electron chi connectivity index (χ2n) is 4.35. The van der Waals surface area contributed by atoms with E-state index >= 15 is 0 Å². The lowest BCUT2D eigenvalue weighted by Gasteiger charge is -2.26. The first-order chi connectivity index (χ1) is 6.49. The minimum absolute atomic E-state index is 0.166. The Bertz CT molecular complexity index is 318. The van der Waals surface area contributed by atoms with E-state index in [9.17, 15) is 0 Å². The van der Waals surface area contributed by atoms with Crippen LogP contribution in [0.4, 0.5) is 0 Å². The van der Waals surface area contributed by atoms with Gasteiger partial charge in [0.15, 0.2) is 0 Å². The lowest BCUT2D eigenvalue weighted by molar-refractivity contribution is 0.491. The Morgan fingerprint density at radius 2 is 2.00 bits per heavy atom. The second-order valence-corrected chi connectivity index (χ2v) is 5.14. The monoisotopic (exact) mass is 255 g/mol. The van der Waals surface area contributed by atoms with Crippen molar-refractivity contribution in [2.24, 2.45) is 0 Å². The molecule has 0 bridgehead atoms. The molecule has 0 unspecified atom stereocenters. The summed E-state index contributed by atoms with van der Waals surface area (Å²) in [6.45, 7) is 7.62. The fraction of sp³-hybridized carbons (Fsp3) is 0.500. The average molecular weight is 256 g/mol. The molecule has 1 N–H and O–H groups in total. The first-order valence-electron chi connectivity index (χ1n) is 4.89.